The average molecular weight is 159 g/mol. The van der Waals surface area contributed by atoms with Crippen LogP contribution in [0.4, 0.5) is 0 Å². The smallest absolute Gasteiger partial charge is 0.0313 e. The zero-order chi connectivity index (χ0) is 7.40. The number of hydrogen-bond donors (Lipinski definition) is 0. The van der Waals surface area contributed by atoms with Crippen LogP contribution in [-0.4, -0.2) is 5.38 Å². The molecule has 0 saturated heterocycles. The highest BCUT2D eigenvalue weighted by atomic mass is 35.5. The molecule has 1 aliphatic carbocycles. The molecule has 0 aromatic heterocycles. The van der Waals surface area contributed by atoms with Crippen LogP contribution in [0.5, 0.6) is 0 Å². The van der Waals surface area contributed by atoms with Gasteiger partial charge in [0.05, 0.1) is 0 Å². The van der Waals surface area contributed by atoms with Crippen LogP contribution in [0.1, 0.15) is 32.6 Å². The molecule has 1 aliphatic rings. The summed E-state index contributed by atoms with van der Waals surface area (Å²) >= 11 is 5.88. The maximum Gasteiger partial charge on any atom is 0.0313 e. The zero-order valence-electron chi connectivity index (χ0n) is 6.52. The second-order valence-corrected chi connectivity index (χ2v) is 3.88. The first-order chi connectivity index (χ1) is 4.79. The van der Waals surface area contributed by atoms with Crippen LogP contribution in [0, 0.1) is 5.92 Å². The summed E-state index contributed by atoms with van der Waals surface area (Å²) in [6.45, 7) is 2.07. The highest BCUT2D eigenvalue weighted by Gasteiger charge is 2.10. The Balaban J connectivity index is 2.26. The fourth-order valence-electron chi connectivity index (χ4n) is 1.50. The van der Waals surface area contributed by atoms with Crippen LogP contribution in [0.3, 0.4) is 0 Å². The lowest BCUT2D eigenvalue weighted by molar-refractivity contribution is 0.503. The van der Waals surface area contributed by atoms with E-state index in [2.05, 4.69) is 19.1 Å². The van der Waals surface area contributed by atoms with Gasteiger partial charge in [-0.2, -0.15) is 0 Å². The lowest BCUT2D eigenvalue weighted by Gasteiger charge is -2.16. The molecule has 0 aliphatic heterocycles. The molecule has 0 aromatic rings. The van der Waals surface area contributed by atoms with Gasteiger partial charge in [0.15, 0.2) is 0 Å². The van der Waals surface area contributed by atoms with Gasteiger partial charge in [-0.3, -0.25) is 0 Å². The Morgan fingerprint density at radius 2 is 2.50 bits per heavy atom. The zero-order valence-corrected chi connectivity index (χ0v) is 7.27. The summed E-state index contributed by atoms with van der Waals surface area (Å²) in [6.07, 6.45) is 9.72. The van der Waals surface area contributed by atoms with Gasteiger partial charge in [-0.25, -0.2) is 0 Å². The average Bonchev–Trinajstić information content (AvgIpc) is 1.88. The standard InChI is InChI=1S/C9H15Cl/c1-8(10)7-9-5-3-2-4-6-9/h3,5,8-9H,2,4,6-7H2,1H3/t8-,9+/m1/s1. The summed E-state index contributed by atoms with van der Waals surface area (Å²) in [6, 6.07) is 0. The van der Waals surface area contributed by atoms with Crippen molar-refractivity contribution in [2.75, 3.05) is 0 Å². The number of hydrogen-bond acceptors (Lipinski definition) is 0. The SMILES string of the molecule is C[C@@H](Cl)C[C@H]1C=CCCC1. The lowest BCUT2D eigenvalue weighted by atomic mass is 9.92. The van der Waals surface area contributed by atoms with Crippen LogP contribution >= 0.6 is 11.6 Å². The van der Waals surface area contributed by atoms with Gasteiger partial charge in [0.2, 0.25) is 0 Å². The van der Waals surface area contributed by atoms with E-state index >= 15 is 0 Å². The number of rotatable bonds is 2. The van der Waals surface area contributed by atoms with Gasteiger partial charge in [-0.15, -0.1) is 11.6 Å². The highest BCUT2D eigenvalue weighted by molar-refractivity contribution is 6.20. The van der Waals surface area contributed by atoms with Crippen molar-refractivity contribution in [3.05, 3.63) is 12.2 Å². The topological polar surface area (TPSA) is 0 Å². The van der Waals surface area contributed by atoms with E-state index in [1.807, 2.05) is 0 Å². The van der Waals surface area contributed by atoms with Crippen LogP contribution in [0.2, 0.25) is 0 Å². The predicted molar refractivity (Wildman–Crippen MR) is 46.4 cm³/mol. The first-order valence-electron chi connectivity index (χ1n) is 4.10. The van der Waals surface area contributed by atoms with Gasteiger partial charge >= 0.3 is 0 Å². The molecule has 0 nitrogen and oxygen atoms in total. The largest absolute Gasteiger partial charge is 0.123 e. The minimum absolute atomic E-state index is 0.341. The van der Waals surface area contributed by atoms with Crippen molar-refractivity contribution < 1.29 is 0 Å². The Bertz CT molecular complexity index is 116. The second-order valence-electron chi connectivity index (χ2n) is 3.14. The molecule has 58 valence electrons. The summed E-state index contributed by atoms with van der Waals surface area (Å²) in [5, 5.41) is 0.341. The maximum atomic E-state index is 5.88. The molecule has 0 amide bonds. The quantitative estimate of drug-likeness (QED) is 0.427. The van der Waals surface area contributed by atoms with Crippen molar-refractivity contribution >= 4 is 11.6 Å². The molecule has 0 saturated carbocycles. The molecule has 10 heavy (non-hydrogen) atoms. The molecule has 2 atom stereocenters. The normalized spacial score (nSPS) is 28.4. The van der Waals surface area contributed by atoms with Crippen LogP contribution in [0.25, 0.3) is 0 Å². The van der Waals surface area contributed by atoms with Gasteiger partial charge in [-0.05, 0) is 38.5 Å². The molecule has 0 unspecified atom stereocenters. The molecule has 0 aromatic carbocycles. The number of allylic oxidation sites excluding steroid dienone is 2. The Kier molecular flexibility index (Phi) is 3.27. The van der Waals surface area contributed by atoms with Crippen molar-refractivity contribution in [1.82, 2.24) is 0 Å². The third kappa shape index (κ3) is 2.74. The Hall–Kier alpha value is 0.0300. The third-order valence-corrected chi connectivity index (χ3v) is 2.16. The van der Waals surface area contributed by atoms with E-state index in [-0.39, 0.29) is 0 Å². The van der Waals surface area contributed by atoms with Crippen molar-refractivity contribution in [1.29, 1.82) is 0 Å². The van der Waals surface area contributed by atoms with Gasteiger partial charge in [0.25, 0.3) is 0 Å². The molecule has 0 radical (unpaired) electrons. The molecule has 1 rings (SSSR count). The first-order valence-corrected chi connectivity index (χ1v) is 4.53. The van der Waals surface area contributed by atoms with E-state index in [0.717, 1.165) is 12.3 Å². The van der Waals surface area contributed by atoms with Gasteiger partial charge in [-0.1, -0.05) is 12.2 Å². The number of halogens is 1. The summed E-state index contributed by atoms with van der Waals surface area (Å²) in [5.74, 6) is 0.765. The molecule has 0 bridgehead atoms. The Morgan fingerprint density at radius 3 is 3.00 bits per heavy atom. The van der Waals surface area contributed by atoms with Crippen LogP contribution in [-0.2, 0) is 0 Å². The number of alkyl halides is 1. The van der Waals surface area contributed by atoms with Crippen LogP contribution < -0.4 is 0 Å². The van der Waals surface area contributed by atoms with E-state index in [4.69, 9.17) is 11.6 Å². The minimum atomic E-state index is 0.341. The van der Waals surface area contributed by atoms with Crippen LogP contribution in [0.15, 0.2) is 12.2 Å². The first kappa shape index (κ1) is 8.13. The van der Waals surface area contributed by atoms with Crippen molar-refractivity contribution in [2.24, 2.45) is 5.92 Å². The molecule has 1 heteroatoms. The molecule has 0 fully saturated rings. The van der Waals surface area contributed by atoms with Crippen molar-refractivity contribution in [3.63, 3.8) is 0 Å². The Labute approximate surface area is 68.3 Å². The Morgan fingerprint density at radius 1 is 1.70 bits per heavy atom. The molecular formula is C9H15Cl. The monoisotopic (exact) mass is 158 g/mol. The minimum Gasteiger partial charge on any atom is -0.123 e. The summed E-state index contributed by atoms with van der Waals surface area (Å²) in [7, 11) is 0. The van der Waals surface area contributed by atoms with Crippen molar-refractivity contribution in [3.8, 4) is 0 Å². The van der Waals surface area contributed by atoms with E-state index in [1.165, 1.54) is 19.3 Å². The summed E-state index contributed by atoms with van der Waals surface area (Å²) < 4.78 is 0. The molecule has 0 heterocycles. The molecular weight excluding hydrogens is 144 g/mol. The summed E-state index contributed by atoms with van der Waals surface area (Å²) in [5.41, 5.74) is 0. The molecule has 0 N–H and O–H groups in total. The lowest BCUT2D eigenvalue weighted by Crippen LogP contribution is -2.05. The van der Waals surface area contributed by atoms with E-state index in [9.17, 15) is 0 Å². The molecule has 0 spiro atoms. The highest BCUT2D eigenvalue weighted by Crippen LogP contribution is 2.22. The van der Waals surface area contributed by atoms with E-state index in [1.54, 1.807) is 0 Å². The van der Waals surface area contributed by atoms with Gasteiger partial charge < -0.3 is 0 Å². The maximum absolute atomic E-state index is 5.88. The second kappa shape index (κ2) is 4.02. The fraction of sp³-hybridized carbons (Fsp3) is 0.778. The van der Waals surface area contributed by atoms with Crippen molar-refractivity contribution in [2.45, 2.75) is 38.0 Å². The van der Waals surface area contributed by atoms with Gasteiger partial charge in [0.1, 0.15) is 0 Å². The van der Waals surface area contributed by atoms with Gasteiger partial charge in [0, 0.05) is 5.38 Å². The third-order valence-electron chi connectivity index (χ3n) is 1.98. The van der Waals surface area contributed by atoms with E-state index in [0.29, 0.717) is 5.38 Å². The van der Waals surface area contributed by atoms with E-state index < -0.39 is 0 Å². The fourth-order valence-corrected chi connectivity index (χ4v) is 1.73. The predicted octanol–water partition coefficient (Wildman–Crippen LogP) is 3.36. The summed E-state index contributed by atoms with van der Waals surface area (Å²) in [4.78, 5) is 0.